The van der Waals surface area contributed by atoms with Gasteiger partial charge in [0.1, 0.15) is 0 Å². The fourth-order valence-electron chi connectivity index (χ4n) is 2.26. The molecule has 1 fully saturated rings. The number of rotatable bonds is 6. The Morgan fingerprint density at radius 3 is 2.48 bits per heavy atom. The molecule has 0 aliphatic carbocycles. The quantitative estimate of drug-likeness (QED) is 0.766. The van der Waals surface area contributed by atoms with Crippen LogP contribution in [0.15, 0.2) is 0 Å². The molecule has 1 unspecified atom stereocenters. The molecule has 0 bridgehead atoms. The molecule has 2 rings (SSSR count). The van der Waals surface area contributed by atoms with Crippen molar-refractivity contribution in [2.75, 3.05) is 69.5 Å². The molecule has 118 valence electrons. The minimum atomic E-state index is 0.254. The smallest absolute Gasteiger partial charge is 0.232 e. The minimum Gasteiger partial charge on any atom is -0.378 e. The van der Waals surface area contributed by atoms with Crippen molar-refractivity contribution in [2.45, 2.75) is 13.0 Å². The number of likely N-dealkylation sites (N-methyl/N-ethyl adjacent to an activating group) is 1. The summed E-state index contributed by atoms with van der Waals surface area (Å²) in [7, 11) is 5.90. The lowest BCUT2D eigenvalue weighted by Crippen LogP contribution is -2.38. The maximum Gasteiger partial charge on any atom is 0.232 e. The van der Waals surface area contributed by atoms with Gasteiger partial charge in [-0.15, -0.1) is 0 Å². The van der Waals surface area contributed by atoms with Crippen molar-refractivity contribution >= 4 is 17.8 Å². The van der Waals surface area contributed by atoms with Crippen molar-refractivity contribution < 1.29 is 4.74 Å². The second kappa shape index (κ2) is 7.37. The molecule has 21 heavy (non-hydrogen) atoms. The number of ether oxygens (including phenoxy) is 1. The predicted molar refractivity (Wildman–Crippen MR) is 84.0 cm³/mol. The van der Waals surface area contributed by atoms with Gasteiger partial charge in [0, 0.05) is 32.7 Å². The Labute approximate surface area is 125 Å². The summed E-state index contributed by atoms with van der Waals surface area (Å²) in [6.45, 7) is 6.05. The van der Waals surface area contributed by atoms with Gasteiger partial charge in [0.2, 0.25) is 17.8 Å². The van der Waals surface area contributed by atoms with Crippen molar-refractivity contribution in [3.8, 4) is 0 Å². The Morgan fingerprint density at radius 1 is 1.19 bits per heavy atom. The second-order valence-electron chi connectivity index (χ2n) is 5.44. The van der Waals surface area contributed by atoms with E-state index in [2.05, 4.69) is 42.3 Å². The highest BCUT2D eigenvalue weighted by Crippen LogP contribution is 2.15. The van der Waals surface area contributed by atoms with E-state index in [0.29, 0.717) is 31.1 Å². The highest BCUT2D eigenvalue weighted by atomic mass is 16.5. The van der Waals surface area contributed by atoms with Crippen LogP contribution in [0.5, 0.6) is 0 Å². The molecule has 1 aromatic rings. The van der Waals surface area contributed by atoms with E-state index in [1.807, 2.05) is 21.1 Å². The second-order valence-corrected chi connectivity index (χ2v) is 5.44. The van der Waals surface area contributed by atoms with Gasteiger partial charge in [-0.05, 0) is 21.0 Å². The fourth-order valence-corrected chi connectivity index (χ4v) is 2.26. The number of hydrogen-bond donors (Lipinski definition) is 2. The summed E-state index contributed by atoms with van der Waals surface area (Å²) in [5.41, 5.74) is 0. The minimum absolute atomic E-state index is 0.254. The Bertz CT molecular complexity index is 448. The molecule has 0 saturated carbocycles. The largest absolute Gasteiger partial charge is 0.378 e. The molecule has 0 amide bonds. The van der Waals surface area contributed by atoms with E-state index in [-0.39, 0.29) is 6.04 Å². The van der Waals surface area contributed by atoms with Crippen molar-refractivity contribution in [3.05, 3.63) is 0 Å². The Balaban J connectivity index is 2.12. The van der Waals surface area contributed by atoms with Gasteiger partial charge in [0.25, 0.3) is 0 Å². The average molecular weight is 295 g/mol. The van der Waals surface area contributed by atoms with Crippen LogP contribution in [-0.4, -0.2) is 79.9 Å². The molecule has 0 aromatic carbocycles. The average Bonchev–Trinajstić information content (AvgIpc) is 2.46. The number of hydrogen-bond acceptors (Lipinski definition) is 8. The summed E-state index contributed by atoms with van der Waals surface area (Å²) in [6, 6.07) is 0.254. The van der Waals surface area contributed by atoms with Crippen LogP contribution in [-0.2, 0) is 4.74 Å². The summed E-state index contributed by atoms with van der Waals surface area (Å²) in [6.07, 6.45) is 0. The fraction of sp³-hybridized carbons (Fsp3) is 0.769. The molecule has 0 spiro atoms. The SMILES string of the molecule is CNc1nc(NC(C)CN(C)C)nc(N2CCOCC2)n1. The van der Waals surface area contributed by atoms with Crippen molar-refractivity contribution in [3.63, 3.8) is 0 Å². The lowest BCUT2D eigenvalue weighted by atomic mass is 10.3. The van der Waals surface area contributed by atoms with Crippen molar-refractivity contribution in [2.24, 2.45) is 0 Å². The lowest BCUT2D eigenvalue weighted by Gasteiger charge is -2.27. The summed E-state index contributed by atoms with van der Waals surface area (Å²) >= 11 is 0. The van der Waals surface area contributed by atoms with E-state index in [0.717, 1.165) is 19.6 Å². The maximum absolute atomic E-state index is 5.37. The van der Waals surface area contributed by atoms with Gasteiger partial charge in [-0.25, -0.2) is 0 Å². The first-order chi connectivity index (χ1) is 10.1. The van der Waals surface area contributed by atoms with Crippen LogP contribution in [0.3, 0.4) is 0 Å². The standard InChI is InChI=1S/C13H25N7O/c1-10(9-19(3)4)15-12-16-11(14-2)17-13(18-12)20-5-7-21-8-6-20/h10H,5-9H2,1-4H3,(H2,14,15,16,17,18). The van der Waals surface area contributed by atoms with Crippen LogP contribution in [0.2, 0.25) is 0 Å². The third kappa shape index (κ3) is 4.68. The van der Waals surface area contributed by atoms with Crippen LogP contribution in [0.1, 0.15) is 6.92 Å². The molecule has 2 heterocycles. The third-order valence-corrected chi connectivity index (χ3v) is 3.16. The zero-order valence-electron chi connectivity index (χ0n) is 13.3. The molecular formula is C13H25N7O. The Kier molecular flexibility index (Phi) is 5.51. The summed E-state index contributed by atoms with van der Waals surface area (Å²) in [5, 5.41) is 6.32. The van der Waals surface area contributed by atoms with E-state index in [9.17, 15) is 0 Å². The van der Waals surface area contributed by atoms with Crippen LogP contribution < -0.4 is 15.5 Å². The van der Waals surface area contributed by atoms with E-state index >= 15 is 0 Å². The molecule has 1 aliphatic heterocycles. The van der Waals surface area contributed by atoms with Gasteiger partial charge >= 0.3 is 0 Å². The predicted octanol–water partition coefficient (Wildman–Crippen LogP) is 0.112. The molecule has 2 N–H and O–H groups in total. The van der Waals surface area contributed by atoms with E-state index in [1.54, 1.807) is 0 Å². The Morgan fingerprint density at radius 2 is 1.86 bits per heavy atom. The van der Waals surface area contributed by atoms with Crippen LogP contribution in [0.4, 0.5) is 17.8 Å². The highest BCUT2D eigenvalue weighted by Gasteiger charge is 2.17. The summed E-state index contributed by atoms with van der Waals surface area (Å²) in [5.74, 6) is 1.87. The molecule has 0 radical (unpaired) electrons. The Hall–Kier alpha value is -1.67. The molecule has 1 aromatic heterocycles. The summed E-state index contributed by atoms with van der Waals surface area (Å²) in [4.78, 5) is 17.6. The van der Waals surface area contributed by atoms with Gasteiger partial charge in [-0.1, -0.05) is 0 Å². The number of anilines is 3. The normalized spacial score (nSPS) is 16.9. The van der Waals surface area contributed by atoms with Gasteiger partial charge in [0.05, 0.1) is 13.2 Å². The molecule has 8 nitrogen and oxygen atoms in total. The van der Waals surface area contributed by atoms with E-state index in [1.165, 1.54) is 0 Å². The number of nitrogens with one attached hydrogen (secondary N) is 2. The third-order valence-electron chi connectivity index (χ3n) is 3.16. The molecule has 8 heteroatoms. The molecule has 1 saturated heterocycles. The van der Waals surface area contributed by atoms with Crippen LogP contribution in [0, 0.1) is 0 Å². The van der Waals surface area contributed by atoms with Gasteiger partial charge in [0.15, 0.2) is 0 Å². The van der Waals surface area contributed by atoms with Crippen LogP contribution >= 0.6 is 0 Å². The number of aromatic nitrogens is 3. The monoisotopic (exact) mass is 295 g/mol. The number of nitrogens with zero attached hydrogens (tertiary/aromatic N) is 5. The topological polar surface area (TPSA) is 78.4 Å². The first kappa shape index (κ1) is 15.7. The number of morpholine rings is 1. The maximum atomic E-state index is 5.37. The lowest BCUT2D eigenvalue weighted by molar-refractivity contribution is 0.122. The molecule has 1 atom stereocenters. The summed E-state index contributed by atoms with van der Waals surface area (Å²) < 4.78 is 5.37. The van der Waals surface area contributed by atoms with Gasteiger partial charge in [-0.2, -0.15) is 15.0 Å². The van der Waals surface area contributed by atoms with Crippen LogP contribution in [0.25, 0.3) is 0 Å². The first-order valence-corrected chi connectivity index (χ1v) is 7.26. The molecule has 1 aliphatic rings. The zero-order chi connectivity index (χ0) is 15.2. The first-order valence-electron chi connectivity index (χ1n) is 7.26. The zero-order valence-corrected chi connectivity index (χ0v) is 13.3. The highest BCUT2D eigenvalue weighted by molar-refractivity contribution is 5.44. The van der Waals surface area contributed by atoms with Gasteiger partial charge in [-0.3, -0.25) is 0 Å². The van der Waals surface area contributed by atoms with Crippen molar-refractivity contribution in [1.29, 1.82) is 0 Å². The van der Waals surface area contributed by atoms with E-state index < -0.39 is 0 Å². The van der Waals surface area contributed by atoms with Crippen molar-refractivity contribution in [1.82, 2.24) is 19.9 Å². The molecular weight excluding hydrogens is 270 g/mol. The van der Waals surface area contributed by atoms with Gasteiger partial charge < -0.3 is 25.2 Å². The van der Waals surface area contributed by atoms with E-state index in [4.69, 9.17) is 4.74 Å².